The fourth-order valence-corrected chi connectivity index (χ4v) is 4.30. The maximum atomic E-state index is 13.7. The van der Waals surface area contributed by atoms with Crippen LogP contribution in [0, 0.1) is 0 Å². The van der Waals surface area contributed by atoms with Gasteiger partial charge in [-0.1, -0.05) is 72.8 Å². The molecule has 0 atom stereocenters. The number of ether oxygens (including phenoxy) is 1. The van der Waals surface area contributed by atoms with Gasteiger partial charge in [-0.2, -0.15) is 0 Å². The third kappa shape index (κ3) is 4.49. The van der Waals surface area contributed by atoms with Crippen molar-refractivity contribution in [1.29, 1.82) is 0 Å². The molecule has 0 N–H and O–H groups in total. The molecule has 178 valence electrons. The quantitative estimate of drug-likeness (QED) is 0.315. The molecule has 6 nitrogen and oxygen atoms in total. The van der Waals surface area contributed by atoms with Crippen molar-refractivity contribution < 1.29 is 9.53 Å². The van der Waals surface area contributed by atoms with Crippen LogP contribution < -0.4 is 15.2 Å². The van der Waals surface area contributed by atoms with Crippen LogP contribution in [0.5, 0.6) is 5.75 Å². The predicted octanol–water partition coefficient (Wildman–Crippen LogP) is 5.42. The zero-order valence-electron chi connectivity index (χ0n) is 19.9. The van der Waals surface area contributed by atoms with Crippen LogP contribution in [0.15, 0.2) is 114 Å². The van der Waals surface area contributed by atoms with E-state index in [1.54, 1.807) is 34.8 Å². The predicted molar refractivity (Wildman–Crippen MR) is 143 cm³/mol. The van der Waals surface area contributed by atoms with Crippen LogP contribution in [0.2, 0.25) is 0 Å². The number of benzene rings is 4. The number of rotatable bonds is 7. The molecule has 36 heavy (non-hydrogen) atoms. The van der Waals surface area contributed by atoms with Crippen molar-refractivity contribution in [2.24, 2.45) is 0 Å². The van der Waals surface area contributed by atoms with E-state index in [0.717, 1.165) is 5.56 Å². The van der Waals surface area contributed by atoms with Gasteiger partial charge in [-0.15, -0.1) is 0 Å². The van der Waals surface area contributed by atoms with Crippen LogP contribution >= 0.6 is 0 Å². The standard InChI is InChI=1S/C30H25N3O3/c1-36-27-19-11-10-18-26(27)32(29(34)23-14-6-3-7-15-23)20-21-33-28(22-12-4-2-5-13-22)31-25-17-9-8-16-24(25)30(33)35/h2-19H,20-21H2,1H3. The zero-order chi connectivity index (χ0) is 24.9. The summed E-state index contributed by atoms with van der Waals surface area (Å²) in [6, 6.07) is 33.4. The molecule has 0 aliphatic rings. The monoisotopic (exact) mass is 475 g/mol. The molecule has 1 amide bonds. The first kappa shape index (κ1) is 23.1. The van der Waals surface area contributed by atoms with Gasteiger partial charge in [0.05, 0.1) is 23.7 Å². The van der Waals surface area contributed by atoms with Crippen molar-refractivity contribution in [3.05, 3.63) is 125 Å². The molecule has 1 heterocycles. The Labute approximate surface area is 209 Å². The van der Waals surface area contributed by atoms with Crippen LogP contribution in [-0.4, -0.2) is 29.1 Å². The molecule has 1 aromatic heterocycles. The number of carbonyl (C=O) groups excluding carboxylic acids is 1. The van der Waals surface area contributed by atoms with Crippen molar-refractivity contribution in [3.8, 4) is 17.1 Å². The van der Waals surface area contributed by atoms with Crippen molar-refractivity contribution in [2.45, 2.75) is 6.54 Å². The molecule has 0 spiro atoms. The first-order chi connectivity index (χ1) is 17.7. The van der Waals surface area contributed by atoms with E-state index in [1.165, 1.54) is 0 Å². The number of anilines is 1. The molecule has 5 aromatic rings. The van der Waals surface area contributed by atoms with E-state index in [9.17, 15) is 9.59 Å². The average Bonchev–Trinajstić information content (AvgIpc) is 2.95. The van der Waals surface area contributed by atoms with E-state index in [4.69, 9.17) is 9.72 Å². The van der Waals surface area contributed by atoms with E-state index in [-0.39, 0.29) is 24.6 Å². The van der Waals surface area contributed by atoms with Crippen LogP contribution in [0.4, 0.5) is 5.69 Å². The lowest BCUT2D eigenvalue weighted by Crippen LogP contribution is -2.36. The summed E-state index contributed by atoms with van der Waals surface area (Å²) in [5, 5.41) is 0.537. The second-order valence-electron chi connectivity index (χ2n) is 8.27. The molecular weight excluding hydrogens is 450 g/mol. The van der Waals surface area contributed by atoms with Crippen molar-refractivity contribution in [3.63, 3.8) is 0 Å². The summed E-state index contributed by atoms with van der Waals surface area (Å²) in [6.45, 7) is 0.491. The number of para-hydroxylation sites is 3. The summed E-state index contributed by atoms with van der Waals surface area (Å²) in [4.78, 5) is 33.8. The second-order valence-corrected chi connectivity index (χ2v) is 8.27. The molecule has 0 saturated heterocycles. The van der Waals surface area contributed by atoms with Gasteiger partial charge in [-0.05, 0) is 36.4 Å². The largest absolute Gasteiger partial charge is 0.495 e. The number of nitrogens with zero attached hydrogens (tertiary/aromatic N) is 3. The Morgan fingerprint density at radius 1 is 0.833 bits per heavy atom. The Morgan fingerprint density at radius 2 is 1.47 bits per heavy atom. The molecule has 0 saturated carbocycles. The summed E-state index contributed by atoms with van der Waals surface area (Å²) in [5.41, 5.74) is 2.51. The van der Waals surface area contributed by atoms with Crippen molar-refractivity contribution >= 4 is 22.5 Å². The Hall–Kier alpha value is -4.71. The molecule has 4 aromatic carbocycles. The third-order valence-electron chi connectivity index (χ3n) is 6.08. The number of methoxy groups -OCH3 is 1. The third-order valence-corrected chi connectivity index (χ3v) is 6.08. The van der Waals surface area contributed by atoms with Gasteiger partial charge < -0.3 is 9.64 Å². The number of carbonyl (C=O) groups is 1. The maximum absolute atomic E-state index is 13.7. The number of aromatic nitrogens is 2. The minimum absolute atomic E-state index is 0.147. The Balaban J connectivity index is 1.60. The van der Waals surface area contributed by atoms with E-state index in [1.807, 2.05) is 91.0 Å². The Bertz CT molecular complexity index is 1560. The number of hydrogen-bond donors (Lipinski definition) is 0. The number of amides is 1. The fraction of sp³-hybridized carbons (Fsp3) is 0.100. The number of fused-ring (bicyclic) bond motifs is 1. The molecule has 0 radical (unpaired) electrons. The lowest BCUT2D eigenvalue weighted by atomic mass is 10.1. The van der Waals surface area contributed by atoms with E-state index >= 15 is 0 Å². The summed E-state index contributed by atoms with van der Waals surface area (Å²) in [7, 11) is 1.58. The highest BCUT2D eigenvalue weighted by Crippen LogP contribution is 2.29. The molecule has 0 aliphatic carbocycles. The summed E-state index contributed by atoms with van der Waals surface area (Å²) in [6.07, 6.45) is 0. The van der Waals surface area contributed by atoms with E-state index < -0.39 is 0 Å². The number of hydrogen-bond acceptors (Lipinski definition) is 4. The summed E-state index contributed by atoms with van der Waals surface area (Å²) >= 11 is 0. The van der Waals surface area contributed by atoms with Gasteiger partial charge in [-0.3, -0.25) is 14.2 Å². The maximum Gasteiger partial charge on any atom is 0.261 e. The van der Waals surface area contributed by atoms with Crippen LogP contribution in [0.25, 0.3) is 22.3 Å². The molecule has 0 bridgehead atoms. The molecular formula is C30H25N3O3. The Kier molecular flexibility index (Phi) is 6.58. The molecule has 6 heteroatoms. The second kappa shape index (κ2) is 10.3. The van der Waals surface area contributed by atoms with Gasteiger partial charge >= 0.3 is 0 Å². The highest BCUT2D eigenvalue weighted by atomic mass is 16.5. The van der Waals surface area contributed by atoms with Gasteiger partial charge in [0.15, 0.2) is 0 Å². The highest BCUT2D eigenvalue weighted by Gasteiger charge is 2.22. The minimum atomic E-state index is -0.178. The van der Waals surface area contributed by atoms with Crippen molar-refractivity contribution in [1.82, 2.24) is 9.55 Å². The normalized spacial score (nSPS) is 10.8. The molecule has 0 aliphatic heterocycles. The van der Waals surface area contributed by atoms with Crippen LogP contribution in [0.1, 0.15) is 10.4 Å². The van der Waals surface area contributed by atoms with Gasteiger partial charge in [0.1, 0.15) is 11.6 Å². The van der Waals surface area contributed by atoms with Crippen molar-refractivity contribution in [2.75, 3.05) is 18.6 Å². The molecule has 0 fully saturated rings. The minimum Gasteiger partial charge on any atom is -0.495 e. The summed E-state index contributed by atoms with van der Waals surface area (Å²) < 4.78 is 7.22. The highest BCUT2D eigenvalue weighted by molar-refractivity contribution is 6.06. The first-order valence-corrected chi connectivity index (χ1v) is 11.7. The van der Waals surface area contributed by atoms with Gasteiger partial charge in [0.25, 0.3) is 11.5 Å². The van der Waals surface area contributed by atoms with E-state index in [0.29, 0.717) is 33.7 Å². The topological polar surface area (TPSA) is 64.4 Å². The van der Waals surface area contributed by atoms with Gasteiger partial charge in [-0.25, -0.2) is 4.98 Å². The molecule has 5 rings (SSSR count). The average molecular weight is 476 g/mol. The van der Waals surface area contributed by atoms with Crippen LogP contribution in [-0.2, 0) is 6.54 Å². The van der Waals surface area contributed by atoms with E-state index in [2.05, 4.69) is 0 Å². The molecule has 0 unspecified atom stereocenters. The smallest absolute Gasteiger partial charge is 0.261 e. The lowest BCUT2D eigenvalue weighted by molar-refractivity contribution is 0.0985. The lowest BCUT2D eigenvalue weighted by Gasteiger charge is -2.26. The fourth-order valence-electron chi connectivity index (χ4n) is 4.30. The first-order valence-electron chi connectivity index (χ1n) is 11.7. The van der Waals surface area contributed by atoms with Gasteiger partial charge in [0.2, 0.25) is 0 Å². The van der Waals surface area contributed by atoms with Gasteiger partial charge in [0, 0.05) is 24.2 Å². The summed E-state index contributed by atoms with van der Waals surface area (Å²) in [5.74, 6) is 0.962. The Morgan fingerprint density at radius 3 is 2.22 bits per heavy atom. The SMILES string of the molecule is COc1ccccc1N(CCn1c(-c2ccccc2)nc2ccccc2c1=O)C(=O)c1ccccc1. The zero-order valence-corrected chi connectivity index (χ0v) is 19.9. The van der Waals surface area contributed by atoms with Crippen LogP contribution in [0.3, 0.4) is 0 Å².